The van der Waals surface area contributed by atoms with Gasteiger partial charge in [0.05, 0.1) is 11.6 Å². The normalized spacial score (nSPS) is 12.4. The number of carbonyl (C=O) groups is 1. The van der Waals surface area contributed by atoms with E-state index >= 15 is 0 Å². The van der Waals surface area contributed by atoms with E-state index in [1.165, 1.54) is 34.4 Å². The van der Waals surface area contributed by atoms with Crippen molar-refractivity contribution in [3.05, 3.63) is 95.1 Å². The maximum absolute atomic E-state index is 13.6. The van der Waals surface area contributed by atoms with Crippen LogP contribution in [0.1, 0.15) is 40.3 Å². The second-order valence-electron chi connectivity index (χ2n) is 7.27. The highest BCUT2D eigenvalue weighted by Gasteiger charge is 2.33. The first kappa shape index (κ1) is 23.3. The zero-order chi connectivity index (χ0) is 24.3. The lowest BCUT2D eigenvalue weighted by Gasteiger charge is -2.29. The second-order valence-corrected chi connectivity index (χ2v) is 7.71. The molecule has 3 heterocycles. The molecule has 12 heteroatoms. The van der Waals surface area contributed by atoms with E-state index in [0.717, 1.165) is 17.7 Å². The topological polar surface area (TPSA) is 89.7 Å². The Morgan fingerprint density at radius 2 is 1.79 bits per heavy atom. The second kappa shape index (κ2) is 9.56. The van der Waals surface area contributed by atoms with Crippen LogP contribution in [0.25, 0.3) is 5.95 Å². The van der Waals surface area contributed by atoms with Crippen molar-refractivity contribution in [2.45, 2.75) is 25.7 Å². The van der Waals surface area contributed by atoms with Gasteiger partial charge in [-0.05, 0) is 48.9 Å². The van der Waals surface area contributed by atoms with Gasteiger partial charge in [-0.15, -0.1) is 0 Å². The Labute approximate surface area is 197 Å². The molecule has 1 amide bonds. The van der Waals surface area contributed by atoms with Crippen LogP contribution in [0.2, 0.25) is 5.02 Å². The molecule has 34 heavy (non-hydrogen) atoms. The van der Waals surface area contributed by atoms with E-state index < -0.39 is 23.7 Å². The molecule has 0 bridgehead atoms. The van der Waals surface area contributed by atoms with Gasteiger partial charge in [0.2, 0.25) is 0 Å². The Morgan fingerprint density at radius 1 is 1.09 bits per heavy atom. The standard InChI is InChI=1S/C22H17ClF3N7O/c1-14(19-30-13-31-33(19)21-28-5-2-6-29-21)32(12-15-3-7-27-8-4-15)20(34)16-9-17(22(24,25)26)11-18(23)10-16/h2-11,13-14H,12H2,1H3. The Hall–Kier alpha value is -3.86. The van der Waals surface area contributed by atoms with Crippen LogP contribution in [0.5, 0.6) is 0 Å². The number of rotatable bonds is 6. The zero-order valence-corrected chi connectivity index (χ0v) is 18.4. The Morgan fingerprint density at radius 3 is 2.47 bits per heavy atom. The van der Waals surface area contributed by atoms with Gasteiger partial charge in [0.15, 0.2) is 5.82 Å². The smallest absolute Gasteiger partial charge is 0.324 e. The Kier molecular flexibility index (Phi) is 6.55. The summed E-state index contributed by atoms with van der Waals surface area (Å²) in [5.41, 5.74) is -0.501. The number of hydrogen-bond acceptors (Lipinski definition) is 6. The summed E-state index contributed by atoms with van der Waals surface area (Å²) in [6.07, 6.45) is 2.81. The predicted molar refractivity (Wildman–Crippen MR) is 116 cm³/mol. The van der Waals surface area contributed by atoms with Crippen LogP contribution in [-0.2, 0) is 12.7 Å². The van der Waals surface area contributed by atoms with Gasteiger partial charge in [0.1, 0.15) is 6.33 Å². The third kappa shape index (κ3) is 5.04. The van der Waals surface area contributed by atoms with Crippen molar-refractivity contribution >= 4 is 17.5 Å². The third-order valence-corrected chi connectivity index (χ3v) is 5.21. The van der Waals surface area contributed by atoms with Gasteiger partial charge in [-0.25, -0.2) is 15.0 Å². The highest BCUT2D eigenvalue weighted by Crippen LogP contribution is 2.33. The molecular formula is C22H17ClF3N7O. The molecule has 1 aromatic carbocycles. The van der Waals surface area contributed by atoms with Gasteiger partial charge in [-0.2, -0.15) is 23.0 Å². The first-order valence-corrected chi connectivity index (χ1v) is 10.4. The fraction of sp³-hybridized carbons (Fsp3) is 0.182. The molecular weight excluding hydrogens is 471 g/mol. The highest BCUT2D eigenvalue weighted by atomic mass is 35.5. The van der Waals surface area contributed by atoms with E-state index in [0.29, 0.717) is 5.82 Å². The van der Waals surface area contributed by atoms with E-state index in [1.807, 2.05) is 0 Å². The van der Waals surface area contributed by atoms with Gasteiger partial charge in [-0.1, -0.05) is 11.6 Å². The minimum Gasteiger partial charge on any atom is -0.324 e. The van der Waals surface area contributed by atoms with Crippen molar-refractivity contribution in [3.8, 4) is 5.95 Å². The van der Waals surface area contributed by atoms with Gasteiger partial charge >= 0.3 is 6.18 Å². The number of halogens is 4. The van der Waals surface area contributed by atoms with Crippen molar-refractivity contribution < 1.29 is 18.0 Å². The van der Waals surface area contributed by atoms with Crippen LogP contribution in [0.15, 0.2) is 67.5 Å². The fourth-order valence-electron chi connectivity index (χ4n) is 3.34. The van der Waals surface area contributed by atoms with Crippen LogP contribution in [0.3, 0.4) is 0 Å². The number of alkyl halides is 3. The molecule has 4 aromatic rings. The lowest BCUT2D eigenvalue weighted by atomic mass is 10.1. The first-order chi connectivity index (χ1) is 16.2. The minimum atomic E-state index is -4.66. The number of pyridine rings is 1. The number of hydrogen-bond donors (Lipinski definition) is 0. The molecule has 3 aromatic heterocycles. The maximum atomic E-state index is 13.6. The van der Waals surface area contributed by atoms with Gasteiger partial charge in [-0.3, -0.25) is 9.78 Å². The van der Waals surface area contributed by atoms with Crippen molar-refractivity contribution in [2.75, 3.05) is 0 Å². The fourth-order valence-corrected chi connectivity index (χ4v) is 3.58. The predicted octanol–water partition coefficient (Wildman–Crippen LogP) is 4.53. The molecule has 0 saturated carbocycles. The molecule has 0 N–H and O–H groups in total. The van der Waals surface area contributed by atoms with E-state index in [9.17, 15) is 18.0 Å². The lowest BCUT2D eigenvalue weighted by molar-refractivity contribution is -0.137. The number of benzene rings is 1. The number of carbonyl (C=O) groups excluding carboxylic acids is 1. The van der Waals surface area contributed by atoms with Crippen molar-refractivity contribution in [3.63, 3.8) is 0 Å². The summed E-state index contributed by atoms with van der Waals surface area (Å²) in [6.45, 7) is 1.76. The molecule has 0 fully saturated rings. The monoisotopic (exact) mass is 487 g/mol. The van der Waals surface area contributed by atoms with E-state index in [2.05, 4.69) is 25.0 Å². The summed E-state index contributed by atoms with van der Waals surface area (Å²) in [6, 6.07) is 7.09. The zero-order valence-electron chi connectivity index (χ0n) is 17.7. The van der Waals surface area contributed by atoms with E-state index in [1.54, 1.807) is 37.5 Å². The average molecular weight is 488 g/mol. The number of amides is 1. The molecule has 0 radical (unpaired) electrons. The average Bonchev–Trinajstić information content (AvgIpc) is 3.32. The van der Waals surface area contributed by atoms with Crippen molar-refractivity contribution in [2.24, 2.45) is 0 Å². The van der Waals surface area contributed by atoms with E-state index in [-0.39, 0.29) is 23.1 Å². The Balaban J connectivity index is 1.76. The summed E-state index contributed by atoms with van der Waals surface area (Å²) in [5, 5.41) is 3.95. The quantitative estimate of drug-likeness (QED) is 0.397. The third-order valence-electron chi connectivity index (χ3n) is 4.99. The molecule has 1 unspecified atom stereocenters. The molecule has 0 aliphatic rings. The van der Waals surface area contributed by atoms with Gasteiger partial charge in [0.25, 0.3) is 11.9 Å². The first-order valence-electron chi connectivity index (χ1n) is 9.99. The molecule has 8 nitrogen and oxygen atoms in total. The molecule has 0 spiro atoms. The molecule has 0 aliphatic carbocycles. The molecule has 0 saturated heterocycles. The largest absolute Gasteiger partial charge is 0.416 e. The van der Waals surface area contributed by atoms with Crippen LogP contribution < -0.4 is 0 Å². The molecule has 0 aliphatic heterocycles. The molecule has 174 valence electrons. The molecule has 4 rings (SSSR count). The SMILES string of the molecule is CC(c1ncnn1-c1ncccn1)N(Cc1ccncc1)C(=O)c1cc(Cl)cc(C(F)(F)F)c1. The number of aromatic nitrogens is 6. The summed E-state index contributed by atoms with van der Waals surface area (Å²) >= 11 is 5.93. The van der Waals surface area contributed by atoms with E-state index in [4.69, 9.17) is 11.6 Å². The summed E-state index contributed by atoms with van der Waals surface area (Å²) in [7, 11) is 0. The van der Waals surface area contributed by atoms with Crippen LogP contribution in [-0.4, -0.2) is 40.5 Å². The number of nitrogens with zero attached hydrogens (tertiary/aromatic N) is 7. The molecule has 1 atom stereocenters. The van der Waals surface area contributed by atoms with Gasteiger partial charge in [0, 0.05) is 41.9 Å². The van der Waals surface area contributed by atoms with Gasteiger partial charge < -0.3 is 4.90 Å². The van der Waals surface area contributed by atoms with Crippen LogP contribution in [0.4, 0.5) is 13.2 Å². The highest BCUT2D eigenvalue weighted by molar-refractivity contribution is 6.31. The Bertz CT molecular complexity index is 1280. The lowest BCUT2D eigenvalue weighted by Crippen LogP contribution is -2.35. The summed E-state index contributed by atoms with van der Waals surface area (Å²) < 4.78 is 41.4. The van der Waals surface area contributed by atoms with Crippen LogP contribution >= 0.6 is 11.6 Å². The minimum absolute atomic E-state index is 0.0683. The summed E-state index contributed by atoms with van der Waals surface area (Å²) in [5.74, 6) is -0.104. The summed E-state index contributed by atoms with van der Waals surface area (Å²) in [4.78, 5) is 31.5. The van der Waals surface area contributed by atoms with Crippen LogP contribution in [0, 0.1) is 0 Å². The van der Waals surface area contributed by atoms with Crippen molar-refractivity contribution in [1.29, 1.82) is 0 Å². The van der Waals surface area contributed by atoms with Crippen molar-refractivity contribution in [1.82, 2.24) is 34.6 Å². The maximum Gasteiger partial charge on any atom is 0.416 e.